The highest BCUT2D eigenvalue weighted by Gasteiger charge is 2.16. The Morgan fingerprint density at radius 2 is 1.78 bits per heavy atom. The molecule has 7 nitrogen and oxygen atoms in total. The molecule has 0 bridgehead atoms. The molecule has 0 aliphatic carbocycles. The van der Waals surface area contributed by atoms with E-state index in [4.69, 9.17) is 4.74 Å². The summed E-state index contributed by atoms with van der Waals surface area (Å²) in [5, 5.41) is 5.85. The molecule has 1 amide bonds. The number of hydrogen-bond donors (Lipinski definition) is 3. The maximum absolute atomic E-state index is 12.6. The molecule has 0 heterocycles. The molecule has 0 unspecified atom stereocenters. The second kappa shape index (κ2) is 9.94. The van der Waals surface area contributed by atoms with Gasteiger partial charge in [0.25, 0.3) is 15.9 Å². The minimum absolute atomic E-state index is 0.0238. The van der Waals surface area contributed by atoms with Gasteiger partial charge in [-0.25, -0.2) is 8.42 Å². The molecule has 3 N–H and O–H groups in total. The lowest BCUT2D eigenvalue weighted by atomic mass is 10.2. The summed E-state index contributed by atoms with van der Waals surface area (Å²) in [4.78, 5) is 12.2. The Labute approximate surface area is 160 Å². The molecule has 2 aromatic rings. The lowest BCUT2D eigenvalue weighted by Gasteiger charge is -2.11. The van der Waals surface area contributed by atoms with E-state index in [1.165, 1.54) is 12.1 Å². The van der Waals surface area contributed by atoms with Gasteiger partial charge in [-0.2, -0.15) is 0 Å². The van der Waals surface area contributed by atoms with Gasteiger partial charge in [-0.05, 0) is 55.9 Å². The molecular formula is C19H25N3O4S. The second-order valence-electron chi connectivity index (χ2n) is 5.70. The first-order valence-electron chi connectivity index (χ1n) is 8.81. The fourth-order valence-electron chi connectivity index (χ4n) is 2.35. The van der Waals surface area contributed by atoms with Crippen molar-refractivity contribution >= 4 is 21.6 Å². The van der Waals surface area contributed by atoms with Crippen LogP contribution in [0.1, 0.15) is 24.2 Å². The van der Waals surface area contributed by atoms with Crippen LogP contribution in [0, 0.1) is 0 Å². The Kier molecular flexibility index (Phi) is 7.63. The van der Waals surface area contributed by atoms with Crippen LogP contribution in [0.4, 0.5) is 5.69 Å². The smallest absolute Gasteiger partial charge is 0.261 e. The highest BCUT2D eigenvalue weighted by molar-refractivity contribution is 7.92. The Morgan fingerprint density at radius 3 is 2.44 bits per heavy atom. The highest BCUT2D eigenvalue weighted by atomic mass is 32.2. The SMILES string of the molecule is CCNCCNC(=O)c1cccc(S(=O)(=O)Nc2ccc(OCC)cc2)c1. The molecule has 0 atom stereocenters. The van der Waals surface area contributed by atoms with E-state index >= 15 is 0 Å². The number of hydrogen-bond acceptors (Lipinski definition) is 5. The van der Waals surface area contributed by atoms with Crippen molar-refractivity contribution in [3.05, 3.63) is 54.1 Å². The Hall–Kier alpha value is -2.58. The van der Waals surface area contributed by atoms with E-state index in [0.29, 0.717) is 36.7 Å². The van der Waals surface area contributed by atoms with Gasteiger partial charge in [0.1, 0.15) is 5.75 Å². The summed E-state index contributed by atoms with van der Waals surface area (Å²) in [5.74, 6) is 0.350. The summed E-state index contributed by atoms with van der Waals surface area (Å²) in [6.07, 6.45) is 0. The van der Waals surface area contributed by atoms with Crippen LogP contribution in [0.5, 0.6) is 5.75 Å². The van der Waals surface area contributed by atoms with Gasteiger partial charge in [0.15, 0.2) is 0 Å². The van der Waals surface area contributed by atoms with Gasteiger partial charge < -0.3 is 15.4 Å². The van der Waals surface area contributed by atoms with Crippen molar-refractivity contribution in [1.82, 2.24) is 10.6 Å². The van der Waals surface area contributed by atoms with E-state index in [1.807, 2.05) is 13.8 Å². The maximum Gasteiger partial charge on any atom is 0.261 e. The zero-order valence-corrected chi connectivity index (χ0v) is 16.3. The number of carbonyl (C=O) groups excluding carboxylic acids is 1. The van der Waals surface area contributed by atoms with E-state index in [2.05, 4.69) is 15.4 Å². The number of likely N-dealkylation sites (N-methyl/N-ethyl adjacent to an activating group) is 1. The third kappa shape index (κ3) is 6.26. The topological polar surface area (TPSA) is 96.5 Å². The summed E-state index contributed by atoms with van der Waals surface area (Å²) >= 11 is 0. The molecule has 0 fully saturated rings. The predicted molar refractivity (Wildman–Crippen MR) is 106 cm³/mol. The summed E-state index contributed by atoms with van der Waals surface area (Å²) in [7, 11) is -3.81. The van der Waals surface area contributed by atoms with Crippen molar-refractivity contribution in [3.63, 3.8) is 0 Å². The number of nitrogens with one attached hydrogen (secondary N) is 3. The van der Waals surface area contributed by atoms with Crippen LogP contribution in [0.3, 0.4) is 0 Å². The minimum Gasteiger partial charge on any atom is -0.494 e. The fourth-order valence-corrected chi connectivity index (χ4v) is 3.45. The van der Waals surface area contributed by atoms with Crippen LogP contribution in [0.15, 0.2) is 53.4 Å². The molecule has 0 saturated carbocycles. The molecule has 0 saturated heterocycles. The first kappa shape index (κ1) is 20.7. The first-order chi connectivity index (χ1) is 13.0. The van der Waals surface area contributed by atoms with Crippen LogP contribution < -0.4 is 20.1 Å². The van der Waals surface area contributed by atoms with Crippen molar-refractivity contribution in [2.75, 3.05) is 31.0 Å². The van der Waals surface area contributed by atoms with Crippen LogP contribution in [-0.4, -0.2) is 40.6 Å². The van der Waals surface area contributed by atoms with Crippen LogP contribution in [0.25, 0.3) is 0 Å². The van der Waals surface area contributed by atoms with Gasteiger partial charge in [0, 0.05) is 24.3 Å². The normalized spacial score (nSPS) is 11.0. The predicted octanol–water partition coefficient (Wildman–Crippen LogP) is 2.23. The van der Waals surface area contributed by atoms with Crippen LogP contribution in [-0.2, 0) is 10.0 Å². The van der Waals surface area contributed by atoms with Crippen LogP contribution >= 0.6 is 0 Å². The van der Waals surface area contributed by atoms with Crippen molar-refractivity contribution in [2.45, 2.75) is 18.7 Å². The zero-order valence-electron chi connectivity index (χ0n) is 15.5. The molecular weight excluding hydrogens is 366 g/mol. The van der Waals surface area contributed by atoms with Gasteiger partial charge in [-0.1, -0.05) is 13.0 Å². The lowest BCUT2D eigenvalue weighted by molar-refractivity contribution is 0.0953. The zero-order chi connectivity index (χ0) is 19.7. The Morgan fingerprint density at radius 1 is 1.04 bits per heavy atom. The average molecular weight is 391 g/mol. The molecule has 0 aliphatic heterocycles. The second-order valence-corrected chi connectivity index (χ2v) is 7.38. The van der Waals surface area contributed by atoms with Crippen molar-refractivity contribution in [3.8, 4) is 5.75 Å². The largest absolute Gasteiger partial charge is 0.494 e. The third-order valence-corrected chi connectivity index (χ3v) is 5.04. The van der Waals surface area contributed by atoms with E-state index in [-0.39, 0.29) is 10.8 Å². The molecule has 2 aromatic carbocycles. The van der Waals surface area contributed by atoms with Gasteiger partial charge in [-0.15, -0.1) is 0 Å². The van der Waals surface area contributed by atoms with Crippen molar-refractivity contribution in [1.29, 1.82) is 0 Å². The number of amides is 1. The number of carbonyl (C=O) groups is 1. The standard InChI is InChI=1S/C19H25N3O4S/c1-3-20-12-13-21-19(23)15-6-5-7-18(14-15)27(24,25)22-16-8-10-17(11-9-16)26-4-2/h5-11,14,20,22H,3-4,12-13H2,1-2H3,(H,21,23). The number of anilines is 1. The molecule has 0 aromatic heterocycles. The monoisotopic (exact) mass is 391 g/mol. The third-order valence-electron chi connectivity index (χ3n) is 3.66. The fraction of sp³-hybridized carbons (Fsp3) is 0.316. The quantitative estimate of drug-likeness (QED) is 0.540. The number of ether oxygens (including phenoxy) is 1. The first-order valence-corrected chi connectivity index (χ1v) is 10.3. The summed E-state index contributed by atoms with van der Waals surface area (Å²) in [6.45, 7) is 6.33. The molecule has 27 heavy (non-hydrogen) atoms. The number of sulfonamides is 1. The average Bonchev–Trinajstić information content (AvgIpc) is 2.67. The Bertz CT molecular complexity index is 852. The van der Waals surface area contributed by atoms with Crippen LogP contribution in [0.2, 0.25) is 0 Å². The maximum atomic E-state index is 12.6. The van der Waals surface area contributed by atoms with E-state index < -0.39 is 10.0 Å². The van der Waals surface area contributed by atoms with Crippen molar-refractivity contribution in [2.24, 2.45) is 0 Å². The van der Waals surface area contributed by atoms with Gasteiger partial charge in [0.2, 0.25) is 0 Å². The summed E-state index contributed by atoms with van der Waals surface area (Å²) < 4.78 is 33.0. The van der Waals surface area contributed by atoms with E-state index in [0.717, 1.165) is 6.54 Å². The van der Waals surface area contributed by atoms with Gasteiger partial charge in [-0.3, -0.25) is 9.52 Å². The molecule has 0 spiro atoms. The molecule has 0 aliphatic rings. The Balaban J connectivity index is 2.08. The molecule has 0 radical (unpaired) electrons. The van der Waals surface area contributed by atoms with E-state index in [1.54, 1.807) is 36.4 Å². The highest BCUT2D eigenvalue weighted by Crippen LogP contribution is 2.20. The van der Waals surface area contributed by atoms with E-state index in [9.17, 15) is 13.2 Å². The number of rotatable bonds is 10. The molecule has 2 rings (SSSR count). The molecule has 8 heteroatoms. The van der Waals surface area contributed by atoms with Gasteiger partial charge in [0.05, 0.1) is 11.5 Å². The lowest BCUT2D eigenvalue weighted by Crippen LogP contribution is -2.31. The summed E-state index contributed by atoms with van der Waals surface area (Å²) in [6, 6.07) is 12.6. The number of benzene rings is 2. The molecule has 146 valence electrons. The summed E-state index contributed by atoms with van der Waals surface area (Å²) in [5.41, 5.74) is 0.708. The van der Waals surface area contributed by atoms with Gasteiger partial charge >= 0.3 is 0 Å². The van der Waals surface area contributed by atoms with Crippen molar-refractivity contribution < 1.29 is 17.9 Å². The minimum atomic E-state index is -3.81.